The molecule has 4 heteroatoms. The van der Waals surface area contributed by atoms with Crippen LogP contribution in [-0.2, 0) is 0 Å². The lowest BCUT2D eigenvalue weighted by Crippen LogP contribution is -2.31. The molecular formula is C6H11IN2O. The molecule has 0 unspecified atom stereocenters. The summed E-state index contributed by atoms with van der Waals surface area (Å²) in [7, 11) is 1.59. The Labute approximate surface area is 74.4 Å². The van der Waals surface area contributed by atoms with Gasteiger partial charge in [0.1, 0.15) is 0 Å². The van der Waals surface area contributed by atoms with Gasteiger partial charge in [-0.2, -0.15) is 0 Å². The third kappa shape index (κ3) is 3.71. The van der Waals surface area contributed by atoms with E-state index in [0.717, 1.165) is 9.28 Å². The Morgan fingerprint density at radius 1 is 1.40 bits per heavy atom. The summed E-state index contributed by atoms with van der Waals surface area (Å²) in [6.07, 6.45) is 0. The van der Waals surface area contributed by atoms with Crippen LogP contribution in [0.25, 0.3) is 0 Å². The van der Waals surface area contributed by atoms with Gasteiger partial charge in [0.05, 0.1) is 0 Å². The quantitative estimate of drug-likeness (QED) is 0.685. The highest BCUT2D eigenvalue weighted by molar-refractivity contribution is 14.1. The first-order chi connectivity index (χ1) is 4.57. The Morgan fingerprint density at radius 3 is 2.20 bits per heavy atom. The van der Waals surface area contributed by atoms with Gasteiger partial charge >= 0.3 is 6.03 Å². The summed E-state index contributed by atoms with van der Waals surface area (Å²) < 4.78 is 1.08. The molecule has 0 radical (unpaired) electrons. The number of urea groups is 1. The Hall–Kier alpha value is -0.260. The van der Waals surface area contributed by atoms with Crippen molar-refractivity contribution in [2.45, 2.75) is 13.8 Å². The van der Waals surface area contributed by atoms with Crippen LogP contribution in [0, 0.1) is 0 Å². The van der Waals surface area contributed by atoms with E-state index in [9.17, 15) is 4.79 Å². The summed E-state index contributed by atoms with van der Waals surface area (Å²) in [6.45, 7) is 3.79. The number of halogens is 1. The minimum absolute atomic E-state index is 0.173. The number of carbonyl (C=O) groups excluding carboxylic acids is 1. The number of amides is 2. The zero-order valence-electron chi connectivity index (χ0n) is 6.29. The number of hydrogen-bond acceptors (Lipinski definition) is 1. The molecule has 0 atom stereocenters. The van der Waals surface area contributed by atoms with E-state index in [4.69, 9.17) is 0 Å². The van der Waals surface area contributed by atoms with E-state index in [1.807, 2.05) is 13.8 Å². The van der Waals surface area contributed by atoms with Crippen molar-refractivity contribution in [2.75, 3.05) is 7.05 Å². The van der Waals surface area contributed by atoms with E-state index < -0.39 is 0 Å². The molecule has 0 saturated carbocycles. The highest BCUT2D eigenvalue weighted by atomic mass is 127. The lowest BCUT2D eigenvalue weighted by molar-refractivity contribution is 0.245. The lowest BCUT2D eigenvalue weighted by Gasteiger charge is -2.04. The van der Waals surface area contributed by atoms with Crippen molar-refractivity contribution in [3.63, 3.8) is 0 Å². The van der Waals surface area contributed by atoms with Gasteiger partial charge in [0.25, 0.3) is 0 Å². The summed E-state index contributed by atoms with van der Waals surface area (Å²) in [5.41, 5.74) is 0.889. The van der Waals surface area contributed by atoms with Crippen LogP contribution in [0.5, 0.6) is 0 Å². The largest absolute Gasteiger partial charge is 0.341 e. The Balaban J connectivity index is 3.92. The lowest BCUT2D eigenvalue weighted by atomic mass is 10.4. The van der Waals surface area contributed by atoms with Gasteiger partial charge in [-0.3, -0.25) is 0 Å². The molecule has 0 aromatic rings. The van der Waals surface area contributed by atoms with E-state index >= 15 is 0 Å². The molecular weight excluding hydrogens is 243 g/mol. The van der Waals surface area contributed by atoms with Crippen LogP contribution in [0.4, 0.5) is 4.79 Å². The molecule has 0 rings (SSSR count). The summed E-state index contributed by atoms with van der Waals surface area (Å²) in [4.78, 5) is 10.7. The molecule has 0 heterocycles. The maximum Gasteiger partial charge on any atom is 0.318 e. The minimum Gasteiger partial charge on any atom is -0.341 e. The molecule has 0 aliphatic heterocycles. The van der Waals surface area contributed by atoms with Crippen LogP contribution in [-0.4, -0.2) is 13.1 Å². The number of rotatable bonds is 1. The fourth-order valence-electron chi connectivity index (χ4n) is 0.319. The zero-order chi connectivity index (χ0) is 8.15. The number of carbonyl (C=O) groups is 1. The first-order valence-electron chi connectivity index (χ1n) is 2.89. The van der Waals surface area contributed by atoms with Crippen LogP contribution in [0.2, 0.25) is 0 Å². The van der Waals surface area contributed by atoms with E-state index in [2.05, 4.69) is 33.2 Å². The highest BCUT2D eigenvalue weighted by Crippen LogP contribution is 2.07. The maximum absolute atomic E-state index is 10.7. The summed E-state index contributed by atoms with van der Waals surface area (Å²) in [5.74, 6) is 0. The van der Waals surface area contributed by atoms with Gasteiger partial charge < -0.3 is 10.6 Å². The molecule has 0 aliphatic carbocycles. The Kier molecular flexibility index (Phi) is 4.42. The SMILES string of the molecule is CNC(=O)N/C(C)=C(/C)I. The third-order valence-electron chi connectivity index (χ3n) is 1.04. The Bertz CT molecular complexity index is 161. The van der Waals surface area contributed by atoms with Crippen molar-refractivity contribution in [3.8, 4) is 0 Å². The Morgan fingerprint density at radius 2 is 1.90 bits per heavy atom. The molecule has 0 aromatic heterocycles. The van der Waals surface area contributed by atoms with Gasteiger partial charge in [0.15, 0.2) is 0 Å². The number of hydrogen-bond donors (Lipinski definition) is 2. The van der Waals surface area contributed by atoms with Crippen LogP contribution >= 0.6 is 22.6 Å². The van der Waals surface area contributed by atoms with Gasteiger partial charge in [-0.1, -0.05) is 0 Å². The van der Waals surface area contributed by atoms with Crippen molar-refractivity contribution < 1.29 is 4.79 Å². The monoisotopic (exact) mass is 254 g/mol. The molecule has 0 saturated heterocycles. The standard InChI is InChI=1S/C6H11IN2O/c1-4(7)5(2)9-6(10)8-3/h1-3H3,(H2,8,9,10)/b5-4-. The molecule has 2 N–H and O–H groups in total. The van der Waals surface area contributed by atoms with E-state index in [1.54, 1.807) is 7.05 Å². The molecule has 0 bridgehead atoms. The van der Waals surface area contributed by atoms with Crippen molar-refractivity contribution in [1.82, 2.24) is 10.6 Å². The molecule has 2 amide bonds. The van der Waals surface area contributed by atoms with Gasteiger partial charge in [-0.25, -0.2) is 4.79 Å². The van der Waals surface area contributed by atoms with Gasteiger partial charge in [0.2, 0.25) is 0 Å². The van der Waals surface area contributed by atoms with Crippen molar-refractivity contribution in [1.29, 1.82) is 0 Å². The summed E-state index contributed by atoms with van der Waals surface area (Å²) in [6, 6.07) is -0.173. The molecule has 10 heavy (non-hydrogen) atoms. The van der Waals surface area contributed by atoms with Crippen LogP contribution in [0.15, 0.2) is 9.28 Å². The van der Waals surface area contributed by atoms with E-state index in [1.165, 1.54) is 0 Å². The number of allylic oxidation sites excluding steroid dienone is 2. The van der Waals surface area contributed by atoms with Gasteiger partial charge in [0, 0.05) is 16.3 Å². The first kappa shape index (κ1) is 9.74. The average Bonchev–Trinajstić information content (AvgIpc) is 1.87. The minimum atomic E-state index is -0.173. The van der Waals surface area contributed by atoms with Crippen molar-refractivity contribution in [2.24, 2.45) is 0 Å². The molecule has 0 fully saturated rings. The first-order valence-corrected chi connectivity index (χ1v) is 3.97. The molecule has 58 valence electrons. The van der Waals surface area contributed by atoms with Crippen LogP contribution in [0.3, 0.4) is 0 Å². The van der Waals surface area contributed by atoms with Gasteiger partial charge in [-0.15, -0.1) is 0 Å². The van der Waals surface area contributed by atoms with Crippen LogP contribution < -0.4 is 10.6 Å². The fraction of sp³-hybridized carbons (Fsp3) is 0.500. The van der Waals surface area contributed by atoms with Crippen molar-refractivity contribution in [3.05, 3.63) is 9.28 Å². The van der Waals surface area contributed by atoms with Crippen LogP contribution in [0.1, 0.15) is 13.8 Å². The second kappa shape index (κ2) is 4.54. The fourth-order valence-corrected chi connectivity index (χ4v) is 0.454. The molecule has 0 spiro atoms. The zero-order valence-corrected chi connectivity index (χ0v) is 8.44. The normalized spacial score (nSPS) is 12.0. The van der Waals surface area contributed by atoms with E-state index in [0.29, 0.717) is 0 Å². The summed E-state index contributed by atoms with van der Waals surface area (Å²) in [5, 5.41) is 5.11. The molecule has 3 nitrogen and oxygen atoms in total. The van der Waals surface area contributed by atoms with E-state index in [-0.39, 0.29) is 6.03 Å². The van der Waals surface area contributed by atoms with Crippen molar-refractivity contribution >= 4 is 28.6 Å². The average molecular weight is 254 g/mol. The highest BCUT2D eigenvalue weighted by Gasteiger charge is 1.97. The smallest absolute Gasteiger partial charge is 0.318 e. The second-order valence-corrected chi connectivity index (χ2v) is 3.48. The second-order valence-electron chi connectivity index (χ2n) is 1.86. The predicted molar refractivity (Wildman–Crippen MR) is 50.0 cm³/mol. The third-order valence-corrected chi connectivity index (χ3v) is 1.85. The molecule has 0 aromatic carbocycles. The predicted octanol–water partition coefficient (Wildman–Crippen LogP) is 1.60. The van der Waals surface area contributed by atoms with Gasteiger partial charge in [-0.05, 0) is 36.4 Å². The summed E-state index contributed by atoms with van der Waals surface area (Å²) >= 11 is 2.16. The maximum atomic E-state index is 10.7. The number of nitrogens with one attached hydrogen (secondary N) is 2. The molecule has 0 aliphatic rings. The topological polar surface area (TPSA) is 41.1 Å².